The van der Waals surface area contributed by atoms with Crippen molar-refractivity contribution < 1.29 is 14.4 Å². The van der Waals surface area contributed by atoms with Crippen molar-refractivity contribution in [2.24, 2.45) is 0 Å². The van der Waals surface area contributed by atoms with Gasteiger partial charge in [-0.3, -0.25) is 9.59 Å². The molecule has 1 saturated heterocycles. The highest BCUT2D eigenvalue weighted by Crippen LogP contribution is 2.21. The highest BCUT2D eigenvalue weighted by atomic mass is 35.5. The maximum Gasteiger partial charge on any atom is 0.317 e. The van der Waals surface area contributed by atoms with Crippen LogP contribution in [0.4, 0.5) is 10.5 Å². The number of hydrogen-bond acceptors (Lipinski definition) is 3. The van der Waals surface area contributed by atoms with Gasteiger partial charge in [0.1, 0.15) is 13.1 Å². The molecule has 1 N–H and O–H groups in total. The molecule has 9 heteroatoms. The number of nitrogens with zero attached hydrogens (tertiary/aromatic N) is 3. The lowest BCUT2D eigenvalue weighted by atomic mass is 10.2. The predicted octanol–water partition coefficient (Wildman–Crippen LogP) is 3.01. The van der Waals surface area contributed by atoms with Crippen LogP contribution in [0, 0.1) is 0 Å². The van der Waals surface area contributed by atoms with Gasteiger partial charge in [-0.2, -0.15) is 0 Å². The molecule has 0 spiro atoms. The van der Waals surface area contributed by atoms with Crippen molar-refractivity contribution >= 4 is 46.7 Å². The van der Waals surface area contributed by atoms with Crippen LogP contribution >= 0.6 is 23.2 Å². The molecule has 7 nitrogen and oxygen atoms in total. The third-order valence-corrected chi connectivity index (χ3v) is 5.29. The molecule has 0 atom stereocenters. The summed E-state index contributed by atoms with van der Waals surface area (Å²) >= 11 is 11.9. The van der Waals surface area contributed by atoms with Crippen molar-refractivity contribution in [2.45, 2.75) is 6.54 Å². The Morgan fingerprint density at radius 1 is 1.07 bits per heavy atom. The zero-order chi connectivity index (χ0) is 21.7. The molecule has 1 aliphatic heterocycles. The molecule has 158 valence electrons. The summed E-state index contributed by atoms with van der Waals surface area (Å²) in [5.74, 6) is -0.479. The summed E-state index contributed by atoms with van der Waals surface area (Å²) in [5, 5.41) is 3.69. The van der Waals surface area contributed by atoms with E-state index >= 15 is 0 Å². The average molecular weight is 449 g/mol. The predicted molar refractivity (Wildman–Crippen MR) is 117 cm³/mol. The van der Waals surface area contributed by atoms with E-state index in [2.05, 4.69) is 5.32 Å². The number of halogens is 2. The van der Waals surface area contributed by atoms with Crippen molar-refractivity contribution in [3.05, 3.63) is 64.1 Å². The van der Waals surface area contributed by atoms with E-state index in [4.69, 9.17) is 23.2 Å². The summed E-state index contributed by atoms with van der Waals surface area (Å²) in [6.07, 6.45) is 0. The molecular formula is C21H22Cl2N4O3. The Morgan fingerprint density at radius 3 is 2.43 bits per heavy atom. The van der Waals surface area contributed by atoms with Crippen LogP contribution in [0.1, 0.15) is 5.56 Å². The maximum atomic E-state index is 12.8. The van der Waals surface area contributed by atoms with Crippen LogP contribution < -0.4 is 10.2 Å². The third kappa shape index (κ3) is 5.43. The molecule has 0 aromatic heterocycles. The SMILES string of the molecule is CNC(=O)N(CC(=O)N1CCN(c2cccc(Cl)c2)C(=O)C1)Cc1ccc(Cl)cc1. The van der Waals surface area contributed by atoms with E-state index in [1.54, 1.807) is 53.4 Å². The van der Waals surface area contributed by atoms with Crippen molar-refractivity contribution in [3.63, 3.8) is 0 Å². The van der Waals surface area contributed by atoms with Gasteiger partial charge < -0.3 is 20.0 Å². The zero-order valence-electron chi connectivity index (χ0n) is 16.5. The molecule has 3 rings (SSSR count). The lowest BCUT2D eigenvalue weighted by molar-refractivity contribution is -0.137. The minimum Gasteiger partial charge on any atom is -0.341 e. The summed E-state index contributed by atoms with van der Waals surface area (Å²) in [7, 11) is 1.51. The quantitative estimate of drug-likeness (QED) is 0.763. The normalized spacial score (nSPS) is 13.9. The monoisotopic (exact) mass is 448 g/mol. The standard InChI is InChI=1S/C21H22Cl2N4O3/c1-24-21(30)26(12-15-5-7-16(22)8-6-15)13-19(28)25-9-10-27(20(29)14-25)18-4-2-3-17(23)11-18/h2-8,11H,9-10,12-14H2,1H3,(H,24,30). The zero-order valence-corrected chi connectivity index (χ0v) is 18.0. The Hall–Kier alpha value is -2.77. The first-order valence-corrected chi connectivity index (χ1v) is 10.2. The second-order valence-electron chi connectivity index (χ2n) is 6.88. The van der Waals surface area contributed by atoms with Crippen LogP contribution in [0.25, 0.3) is 0 Å². The van der Waals surface area contributed by atoms with Crippen LogP contribution in [-0.4, -0.2) is 60.9 Å². The molecule has 2 aromatic rings. The first-order valence-electron chi connectivity index (χ1n) is 9.42. The summed E-state index contributed by atoms with van der Waals surface area (Å²) in [4.78, 5) is 42.2. The van der Waals surface area contributed by atoms with E-state index in [0.717, 1.165) is 5.56 Å². The summed E-state index contributed by atoms with van der Waals surface area (Å²) in [6, 6.07) is 13.7. The molecule has 2 aromatic carbocycles. The number of carbonyl (C=O) groups excluding carboxylic acids is 3. The molecule has 30 heavy (non-hydrogen) atoms. The number of anilines is 1. The smallest absolute Gasteiger partial charge is 0.317 e. The summed E-state index contributed by atoms with van der Waals surface area (Å²) < 4.78 is 0. The Balaban J connectivity index is 1.64. The molecular weight excluding hydrogens is 427 g/mol. The van der Waals surface area contributed by atoms with Crippen LogP contribution in [-0.2, 0) is 16.1 Å². The Labute approximate surface area is 185 Å². The second kappa shape index (κ2) is 9.82. The molecule has 0 bridgehead atoms. The number of carbonyl (C=O) groups is 3. The average Bonchev–Trinajstić information content (AvgIpc) is 2.74. The van der Waals surface area contributed by atoms with Crippen molar-refractivity contribution in [2.75, 3.05) is 38.1 Å². The second-order valence-corrected chi connectivity index (χ2v) is 7.75. The van der Waals surface area contributed by atoms with Gasteiger partial charge in [0.25, 0.3) is 0 Å². The van der Waals surface area contributed by atoms with Crippen LogP contribution in [0.5, 0.6) is 0 Å². The Kier molecular flexibility index (Phi) is 7.18. The Morgan fingerprint density at radius 2 is 1.80 bits per heavy atom. The molecule has 0 unspecified atom stereocenters. The fourth-order valence-electron chi connectivity index (χ4n) is 3.23. The number of rotatable bonds is 5. The topological polar surface area (TPSA) is 73.0 Å². The number of piperazine rings is 1. The van der Waals surface area contributed by atoms with Gasteiger partial charge in [0.2, 0.25) is 11.8 Å². The van der Waals surface area contributed by atoms with Crippen LogP contribution in [0.15, 0.2) is 48.5 Å². The van der Waals surface area contributed by atoms with Gasteiger partial charge in [0.15, 0.2) is 0 Å². The van der Waals surface area contributed by atoms with Gasteiger partial charge in [-0.05, 0) is 35.9 Å². The van der Waals surface area contributed by atoms with Crippen molar-refractivity contribution in [3.8, 4) is 0 Å². The maximum absolute atomic E-state index is 12.8. The molecule has 1 aliphatic rings. The molecule has 0 radical (unpaired) electrons. The fourth-order valence-corrected chi connectivity index (χ4v) is 3.54. The van der Waals surface area contributed by atoms with Gasteiger partial charge in [0, 0.05) is 42.4 Å². The molecule has 4 amide bonds. The number of nitrogens with one attached hydrogen (secondary N) is 1. The van der Waals surface area contributed by atoms with Gasteiger partial charge >= 0.3 is 6.03 Å². The van der Waals surface area contributed by atoms with E-state index in [1.807, 2.05) is 0 Å². The fraction of sp³-hybridized carbons (Fsp3) is 0.286. The first-order chi connectivity index (χ1) is 14.4. The molecule has 1 fully saturated rings. The van der Waals surface area contributed by atoms with E-state index in [1.165, 1.54) is 16.8 Å². The highest BCUT2D eigenvalue weighted by molar-refractivity contribution is 6.31. The number of amides is 4. The van der Waals surface area contributed by atoms with Crippen molar-refractivity contribution in [1.29, 1.82) is 0 Å². The largest absolute Gasteiger partial charge is 0.341 e. The van der Waals surface area contributed by atoms with E-state index < -0.39 is 0 Å². The van der Waals surface area contributed by atoms with E-state index in [9.17, 15) is 14.4 Å². The number of benzene rings is 2. The Bertz CT molecular complexity index is 936. The van der Waals surface area contributed by atoms with E-state index in [-0.39, 0.29) is 37.5 Å². The van der Waals surface area contributed by atoms with Gasteiger partial charge in [-0.25, -0.2) is 4.79 Å². The summed E-state index contributed by atoms with van der Waals surface area (Å²) in [5.41, 5.74) is 1.55. The first kappa shape index (κ1) is 21.9. The van der Waals surface area contributed by atoms with Crippen molar-refractivity contribution in [1.82, 2.24) is 15.1 Å². The minimum absolute atomic E-state index is 0.0477. The highest BCUT2D eigenvalue weighted by Gasteiger charge is 2.29. The van der Waals surface area contributed by atoms with Crippen LogP contribution in [0.3, 0.4) is 0 Å². The lowest BCUT2D eigenvalue weighted by Gasteiger charge is -2.35. The minimum atomic E-state index is -0.373. The van der Waals surface area contributed by atoms with Gasteiger partial charge in [-0.1, -0.05) is 41.4 Å². The van der Waals surface area contributed by atoms with Crippen LogP contribution in [0.2, 0.25) is 10.0 Å². The van der Waals surface area contributed by atoms with Gasteiger partial charge in [0.05, 0.1) is 0 Å². The molecule has 0 aliphatic carbocycles. The lowest BCUT2D eigenvalue weighted by Crippen LogP contribution is -2.55. The number of urea groups is 1. The van der Waals surface area contributed by atoms with Gasteiger partial charge in [-0.15, -0.1) is 0 Å². The number of hydrogen-bond donors (Lipinski definition) is 1. The molecule has 1 heterocycles. The summed E-state index contributed by atoms with van der Waals surface area (Å²) in [6.45, 7) is 0.807. The molecule has 0 saturated carbocycles. The third-order valence-electron chi connectivity index (χ3n) is 4.81. The van der Waals surface area contributed by atoms with E-state index in [0.29, 0.717) is 28.8 Å².